The Kier molecular flexibility index (Phi) is 21.1. The van der Waals surface area contributed by atoms with Crippen molar-refractivity contribution in [1.82, 2.24) is 0 Å². The molecular weight excluding hydrogens is 1590 g/mol. The molecule has 12 aromatic rings. The minimum Gasteiger partial charge on any atom is -1.00 e. The third kappa shape index (κ3) is 12.9. The molecule has 0 N–H and O–H groups in total. The average molecular weight is 1670 g/mol. The molecule has 16 rings (SSSR count). The van der Waals surface area contributed by atoms with Gasteiger partial charge in [0.15, 0.2) is 0 Å². The molecule has 4 aliphatic carbocycles. The monoisotopic (exact) mass is 1670 g/mol. The Morgan fingerprint density at radius 2 is 0.408 bits per heavy atom. The van der Waals surface area contributed by atoms with Gasteiger partial charge in [-0.2, -0.15) is 0 Å². The molecule has 0 radical (unpaired) electrons. The number of allylic oxidation sites excluding steroid dienone is 16. The van der Waals surface area contributed by atoms with Gasteiger partial charge < -0.3 is 24.8 Å². The van der Waals surface area contributed by atoms with Gasteiger partial charge in [-0.1, -0.05) is 0 Å². The van der Waals surface area contributed by atoms with E-state index in [9.17, 15) is 0 Å². The summed E-state index contributed by atoms with van der Waals surface area (Å²) in [7, 11) is 0. The molecule has 0 heterocycles. The first kappa shape index (κ1) is 68.9. The number of benzene rings is 12. The van der Waals surface area contributed by atoms with Crippen LogP contribution < -0.4 is 45.6 Å². The Labute approximate surface area is 608 Å². The van der Waals surface area contributed by atoms with Crippen molar-refractivity contribution in [3.05, 3.63) is 373 Å². The van der Waals surface area contributed by atoms with Crippen LogP contribution in [0.2, 0.25) is 0 Å². The normalized spacial score (nSPS) is 17.3. The summed E-state index contributed by atoms with van der Waals surface area (Å²) < 4.78 is 7.22. The standard InChI is InChI=1S/4C17H15.2C12H10Si.2ClH.2Hf/c4*1-12-10-13(2)17(11-12)16-9-5-7-14-6-3-4-8-15(14)16;2*1-3-7-11(8-4-1)13-12-9-5-2-6-10-12;;;;/h4*3-9,11-12H,1-2H3;2*1-10H;2*1H;;/p-2. The molecule has 0 amide bonds. The average Bonchev–Trinajstić information content (AvgIpc) is 1.58. The summed E-state index contributed by atoms with van der Waals surface area (Å²) in [4.78, 5) is 0. The molecule has 0 spiro atoms. The van der Waals surface area contributed by atoms with Crippen LogP contribution in [-0.2, 0) is 40.1 Å². The van der Waals surface area contributed by atoms with E-state index in [1.54, 1.807) is 56.4 Å². The van der Waals surface area contributed by atoms with Crippen molar-refractivity contribution in [2.24, 2.45) is 23.7 Å². The van der Waals surface area contributed by atoms with E-state index in [-0.39, 0.29) is 24.8 Å². The van der Waals surface area contributed by atoms with Gasteiger partial charge in [0, 0.05) is 0 Å². The van der Waals surface area contributed by atoms with Crippen LogP contribution in [0.5, 0.6) is 0 Å². The molecule has 98 heavy (non-hydrogen) atoms. The molecule has 0 bridgehead atoms. The van der Waals surface area contributed by atoms with Gasteiger partial charge in [-0.3, -0.25) is 0 Å². The molecule has 0 nitrogen and oxygen atoms in total. The maximum absolute atomic E-state index is 2.96. The summed E-state index contributed by atoms with van der Waals surface area (Å²) in [6, 6.07) is 109. The molecule has 4 aliphatic rings. The van der Waals surface area contributed by atoms with E-state index in [4.69, 9.17) is 0 Å². The molecule has 4 unspecified atom stereocenters. The van der Waals surface area contributed by atoms with Crippen LogP contribution in [0.15, 0.2) is 351 Å². The van der Waals surface area contributed by atoms with Gasteiger partial charge in [-0.05, 0) is 0 Å². The maximum atomic E-state index is 2.61. The summed E-state index contributed by atoms with van der Waals surface area (Å²) in [6.07, 6.45) is 10.4. The molecule has 4 atom stereocenters. The van der Waals surface area contributed by atoms with E-state index < -0.39 is 51.1 Å². The molecule has 12 aromatic carbocycles. The van der Waals surface area contributed by atoms with Crippen LogP contribution in [-0.4, -0.2) is 11.0 Å². The van der Waals surface area contributed by atoms with Gasteiger partial charge in [0.05, 0.1) is 0 Å². The van der Waals surface area contributed by atoms with Gasteiger partial charge in [-0.15, -0.1) is 0 Å². The van der Waals surface area contributed by atoms with Crippen molar-refractivity contribution in [2.45, 2.75) is 55.4 Å². The minimum absolute atomic E-state index is 0. The summed E-state index contributed by atoms with van der Waals surface area (Å²) in [5.41, 5.74) is 15.3. The smallest absolute Gasteiger partial charge is 1.00 e. The van der Waals surface area contributed by atoms with Crippen LogP contribution in [0.1, 0.15) is 77.6 Å². The van der Waals surface area contributed by atoms with Crippen LogP contribution in [0.3, 0.4) is 0 Å². The largest absolute Gasteiger partial charge is 1.00 e. The van der Waals surface area contributed by atoms with Gasteiger partial charge in [0.2, 0.25) is 0 Å². The van der Waals surface area contributed by atoms with E-state index in [1.807, 2.05) is 0 Å². The SMILES string of the molecule is CC1=[C]([Hf]([C]2=C(C)C(c3cccc4ccccc34)=CC2C)=[Si](c2ccccc2)c2ccccc2)C(C)C=C1c1cccc2ccccc12.CC1=[C]([Hf]([C]2=C(C)C(c3cccc4ccccc34)=CC2C)=[Si](c2ccccc2)c2ccccc2)C(C)C=C1c1cccc2ccccc12.[Cl-].[Cl-]. The first-order chi connectivity index (χ1) is 47.0. The van der Waals surface area contributed by atoms with Crippen molar-refractivity contribution >= 4 is 97.1 Å². The van der Waals surface area contributed by atoms with Crippen molar-refractivity contribution in [2.75, 3.05) is 0 Å². The Hall–Kier alpha value is -7.65. The van der Waals surface area contributed by atoms with Crippen molar-refractivity contribution < 1.29 is 64.9 Å². The van der Waals surface area contributed by atoms with E-state index >= 15 is 0 Å². The fraction of sp³-hybridized carbons (Fsp3) is 0.130. The van der Waals surface area contributed by atoms with Gasteiger partial charge in [0.1, 0.15) is 0 Å². The van der Waals surface area contributed by atoms with Crippen molar-refractivity contribution in [1.29, 1.82) is 0 Å². The first-order valence-electron chi connectivity index (χ1n) is 34.4. The second-order valence-electron chi connectivity index (χ2n) is 26.7. The zero-order valence-electron chi connectivity index (χ0n) is 57.1. The fourth-order valence-corrected chi connectivity index (χ4v) is 83.6. The number of hydrogen-bond acceptors (Lipinski definition) is 0. The Morgan fingerprint density at radius 3 is 0.622 bits per heavy atom. The second kappa shape index (κ2) is 30.1. The van der Waals surface area contributed by atoms with Crippen LogP contribution >= 0.6 is 0 Å². The van der Waals surface area contributed by atoms with Crippen molar-refractivity contribution in [3.63, 3.8) is 0 Å². The number of hydrogen-bond donors (Lipinski definition) is 0. The summed E-state index contributed by atoms with van der Waals surface area (Å²) in [5.74, 6) is 1.68. The van der Waals surface area contributed by atoms with E-state index in [0.29, 0.717) is 23.7 Å². The van der Waals surface area contributed by atoms with E-state index in [1.165, 1.54) is 87.6 Å². The van der Waals surface area contributed by atoms with Crippen molar-refractivity contribution in [3.8, 4) is 0 Å². The topological polar surface area (TPSA) is 0 Å². The molecule has 6 heteroatoms. The molecule has 480 valence electrons. The summed E-state index contributed by atoms with van der Waals surface area (Å²) in [6.45, 7) is 19.8. The van der Waals surface area contributed by atoms with Gasteiger partial charge in [0.25, 0.3) is 0 Å². The third-order valence-corrected chi connectivity index (χ3v) is 77.2. The first-order valence-corrected chi connectivity index (χ1v) is 55.3. The predicted molar refractivity (Wildman–Crippen MR) is 411 cm³/mol. The summed E-state index contributed by atoms with van der Waals surface area (Å²) in [5, 5.41) is 16.9. The number of fused-ring (bicyclic) bond motifs is 4. The molecule has 0 saturated heterocycles. The minimum atomic E-state index is -2.96. The van der Waals surface area contributed by atoms with Gasteiger partial charge in [-0.25, -0.2) is 0 Å². The Balaban J connectivity index is 0.000000173. The van der Waals surface area contributed by atoms with E-state index in [2.05, 4.69) is 371 Å². The van der Waals surface area contributed by atoms with Crippen LogP contribution in [0.4, 0.5) is 0 Å². The Morgan fingerprint density at radius 1 is 0.224 bits per heavy atom. The quantitative estimate of drug-likeness (QED) is 0.107. The molecule has 0 aromatic heterocycles. The number of rotatable bonds is 12. The summed E-state index contributed by atoms with van der Waals surface area (Å²) >= 11 is -5.92. The van der Waals surface area contributed by atoms with Crippen LogP contribution in [0.25, 0.3) is 65.4 Å². The molecule has 0 saturated carbocycles. The zero-order chi connectivity index (χ0) is 65.6. The molecular formula is C92H80Cl2Hf2Si2-2. The second-order valence-corrected chi connectivity index (χ2v) is 62.6. The van der Waals surface area contributed by atoms with Crippen LogP contribution in [0, 0.1) is 23.7 Å². The van der Waals surface area contributed by atoms with E-state index in [0.717, 1.165) is 0 Å². The third-order valence-electron chi connectivity index (χ3n) is 20.9. The fourth-order valence-electron chi connectivity index (χ4n) is 16.6. The predicted octanol–water partition coefficient (Wildman–Crippen LogP) is 15.5. The van der Waals surface area contributed by atoms with Gasteiger partial charge >= 0.3 is 590 Å². The molecule has 0 fully saturated rings. The Bertz CT molecular complexity index is 4740. The maximum Gasteiger partial charge on any atom is -1.00 e. The number of halogens is 2. The zero-order valence-corrected chi connectivity index (χ0v) is 67.8. The molecule has 0 aliphatic heterocycles.